The van der Waals surface area contributed by atoms with E-state index in [0.717, 1.165) is 29.1 Å². The molecule has 0 unspecified atom stereocenters. The highest BCUT2D eigenvalue weighted by Gasteiger charge is 2.51. The molecule has 292 valence electrons. The first-order chi connectivity index (χ1) is 29.4. The van der Waals surface area contributed by atoms with E-state index in [1.807, 2.05) is 0 Å². The Labute approximate surface area is 355 Å². The van der Waals surface area contributed by atoms with Crippen LogP contribution < -0.4 is 4.90 Å². The molecule has 4 saturated carbocycles. The SMILES string of the molecule is CC1(C)c2ccccc2-c2cc(N(c3ccc(-c4ccc(C56CC7CC(CC(C7)C5)C6)cc4)cc3)c3ccc(-c4cccc5cccc(-c6ccccc6)c45)cc3)ccc21. The van der Waals surface area contributed by atoms with Gasteiger partial charge < -0.3 is 4.90 Å². The van der Waals surface area contributed by atoms with Crippen molar-refractivity contribution < 1.29 is 0 Å². The summed E-state index contributed by atoms with van der Waals surface area (Å²) in [6.45, 7) is 4.72. The van der Waals surface area contributed by atoms with Crippen molar-refractivity contribution in [2.24, 2.45) is 17.8 Å². The third-order valence-electron chi connectivity index (χ3n) is 15.2. The van der Waals surface area contributed by atoms with Gasteiger partial charge in [0.05, 0.1) is 0 Å². The Balaban J connectivity index is 0.923. The molecular formula is C59H51N. The molecule has 0 saturated heterocycles. The predicted octanol–water partition coefficient (Wildman–Crippen LogP) is 16.1. The van der Waals surface area contributed by atoms with Crippen LogP contribution >= 0.6 is 0 Å². The summed E-state index contributed by atoms with van der Waals surface area (Å²) < 4.78 is 0. The first-order valence-electron chi connectivity index (χ1n) is 22.3. The van der Waals surface area contributed by atoms with E-state index >= 15 is 0 Å². The van der Waals surface area contributed by atoms with E-state index in [0.29, 0.717) is 5.41 Å². The van der Waals surface area contributed by atoms with Gasteiger partial charge in [-0.05, 0) is 170 Å². The lowest BCUT2D eigenvalue weighted by Gasteiger charge is -2.57. The van der Waals surface area contributed by atoms with Crippen molar-refractivity contribution in [1.82, 2.24) is 0 Å². The Morgan fingerprint density at radius 1 is 0.400 bits per heavy atom. The second-order valence-electron chi connectivity index (χ2n) is 19.2. The van der Waals surface area contributed by atoms with Gasteiger partial charge >= 0.3 is 0 Å². The molecule has 0 spiro atoms. The minimum atomic E-state index is -0.0408. The molecule has 1 heteroatoms. The maximum Gasteiger partial charge on any atom is 0.0468 e. The Kier molecular flexibility index (Phi) is 8.15. The van der Waals surface area contributed by atoms with Crippen LogP contribution in [0.4, 0.5) is 17.1 Å². The van der Waals surface area contributed by atoms with E-state index in [1.54, 1.807) is 5.56 Å². The van der Waals surface area contributed by atoms with Gasteiger partial charge in [0, 0.05) is 22.5 Å². The quantitative estimate of drug-likeness (QED) is 0.156. The molecule has 0 aliphatic heterocycles. The number of fused-ring (bicyclic) bond motifs is 4. The van der Waals surface area contributed by atoms with E-state index in [4.69, 9.17) is 0 Å². The first kappa shape index (κ1) is 35.7. The van der Waals surface area contributed by atoms with Crippen LogP contribution in [-0.2, 0) is 10.8 Å². The highest BCUT2D eigenvalue weighted by Crippen LogP contribution is 2.61. The molecule has 0 heterocycles. The third kappa shape index (κ3) is 5.73. The van der Waals surface area contributed by atoms with Gasteiger partial charge in [0.2, 0.25) is 0 Å². The smallest absolute Gasteiger partial charge is 0.0468 e. The van der Waals surface area contributed by atoms with Gasteiger partial charge in [0.15, 0.2) is 0 Å². The van der Waals surface area contributed by atoms with Crippen LogP contribution in [0.1, 0.15) is 69.1 Å². The van der Waals surface area contributed by atoms with E-state index in [-0.39, 0.29) is 5.41 Å². The zero-order valence-corrected chi connectivity index (χ0v) is 34.7. The molecule has 0 amide bonds. The van der Waals surface area contributed by atoms with E-state index in [9.17, 15) is 0 Å². The summed E-state index contributed by atoms with van der Waals surface area (Å²) in [5.74, 6) is 2.88. The second kappa shape index (κ2) is 13.7. The summed E-state index contributed by atoms with van der Waals surface area (Å²) in [5, 5.41) is 2.54. The van der Waals surface area contributed by atoms with Gasteiger partial charge in [0.25, 0.3) is 0 Å². The fourth-order valence-corrected chi connectivity index (χ4v) is 12.8. The average molecular weight is 774 g/mol. The number of benzene rings is 8. The van der Waals surface area contributed by atoms with Crippen LogP contribution in [0.2, 0.25) is 0 Å². The van der Waals surface area contributed by atoms with Gasteiger partial charge in [0.1, 0.15) is 0 Å². The molecule has 5 aliphatic rings. The molecule has 0 atom stereocenters. The van der Waals surface area contributed by atoms with Crippen LogP contribution in [0, 0.1) is 17.8 Å². The number of hydrogen-bond donors (Lipinski definition) is 0. The van der Waals surface area contributed by atoms with Gasteiger partial charge in [-0.3, -0.25) is 0 Å². The molecule has 0 N–H and O–H groups in total. The lowest BCUT2D eigenvalue weighted by Crippen LogP contribution is -2.48. The maximum atomic E-state index is 2.48. The molecule has 4 bridgehead atoms. The van der Waals surface area contributed by atoms with Crippen molar-refractivity contribution in [3.63, 3.8) is 0 Å². The monoisotopic (exact) mass is 773 g/mol. The Morgan fingerprint density at radius 2 is 0.883 bits per heavy atom. The number of hydrogen-bond acceptors (Lipinski definition) is 1. The van der Waals surface area contributed by atoms with Gasteiger partial charge in [-0.1, -0.05) is 159 Å². The summed E-state index contributed by atoms with van der Waals surface area (Å²) in [7, 11) is 0. The molecule has 0 aromatic heterocycles. The van der Waals surface area contributed by atoms with Crippen LogP contribution in [0.5, 0.6) is 0 Å². The largest absolute Gasteiger partial charge is 0.310 e. The van der Waals surface area contributed by atoms with E-state index in [1.165, 1.54) is 111 Å². The fraction of sp³-hybridized carbons (Fsp3) is 0.220. The van der Waals surface area contributed by atoms with Crippen molar-refractivity contribution in [2.75, 3.05) is 4.90 Å². The van der Waals surface area contributed by atoms with Crippen molar-refractivity contribution in [2.45, 2.75) is 63.2 Å². The molecule has 13 rings (SSSR count). The third-order valence-corrected chi connectivity index (χ3v) is 15.2. The van der Waals surface area contributed by atoms with Crippen molar-refractivity contribution in [1.29, 1.82) is 0 Å². The summed E-state index contributed by atoms with van der Waals surface area (Å²) in [6.07, 6.45) is 8.69. The number of rotatable bonds is 7. The first-order valence-corrected chi connectivity index (χ1v) is 22.3. The lowest BCUT2D eigenvalue weighted by atomic mass is 9.48. The maximum absolute atomic E-state index is 2.48. The standard InChI is InChI=1S/C59H51N/c1-58(2)55-17-7-6-14-53(55)54-35-50(30-31-56(54)58)60(49-28-22-45(23-29-49)52-16-9-13-46-12-8-15-51(57(46)52)44-10-4-3-5-11-44)48-26-20-43(21-27-48)42-18-24-47(25-19-42)59-36-39-32-40(37-59)34-41(33-39)38-59/h3-31,35,39-41H,32-34,36-38H2,1-2H3. The molecular weight excluding hydrogens is 723 g/mol. The minimum absolute atomic E-state index is 0.0408. The van der Waals surface area contributed by atoms with Crippen molar-refractivity contribution >= 4 is 27.8 Å². The van der Waals surface area contributed by atoms with E-state index < -0.39 is 0 Å². The predicted molar refractivity (Wildman–Crippen MR) is 252 cm³/mol. The second-order valence-corrected chi connectivity index (χ2v) is 19.2. The van der Waals surface area contributed by atoms with Crippen LogP contribution in [0.3, 0.4) is 0 Å². The van der Waals surface area contributed by atoms with Crippen LogP contribution in [0.25, 0.3) is 55.3 Å². The molecule has 8 aromatic carbocycles. The Hall–Kier alpha value is -6.18. The fourth-order valence-electron chi connectivity index (χ4n) is 12.8. The molecule has 4 fully saturated rings. The normalized spacial score (nSPS) is 21.8. The Morgan fingerprint density at radius 3 is 1.50 bits per heavy atom. The minimum Gasteiger partial charge on any atom is -0.310 e. The lowest BCUT2D eigenvalue weighted by molar-refractivity contribution is -0.00518. The summed E-state index contributed by atoms with van der Waals surface area (Å²) in [5.41, 5.74) is 18.4. The zero-order valence-electron chi connectivity index (χ0n) is 34.7. The summed E-state index contributed by atoms with van der Waals surface area (Å²) >= 11 is 0. The topological polar surface area (TPSA) is 3.24 Å². The Bertz CT molecular complexity index is 2860. The molecule has 1 nitrogen and oxygen atoms in total. The highest BCUT2D eigenvalue weighted by atomic mass is 15.1. The van der Waals surface area contributed by atoms with Gasteiger partial charge in [-0.15, -0.1) is 0 Å². The van der Waals surface area contributed by atoms with Gasteiger partial charge in [-0.2, -0.15) is 0 Å². The molecule has 8 aromatic rings. The zero-order chi connectivity index (χ0) is 40.0. The van der Waals surface area contributed by atoms with Crippen LogP contribution in [0.15, 0.2) is 182 Å². The summed E-state index contributed by atoms with van der Waals surface area (Å²) in [6, 6.07) is 68.5. The molecule has 5 aliphatic carbocycles. The van der Waals surface area contributed by atoms with Gasteiger partial charge in [-0.25, -0.2) is 0 Å². The van der Waals surface area contributed by atoms with Crippen molar-refractivity contribution in [3.05, 3.63) is 199 Å². The molecule has 60 heavy (non-hydrogen) atoms. The average Bonchev–Trinajstić information content (AvgIpc) is 3.51. The van der Waals surface area contributed by atoms with Crippen LogP contribution in [-0.4, -0.2) is 0 Å². The number of nitrogens with zero attached hydrogens (tertiary/aromatic N) is 1. The molecule has 0 radical (unpaired) electrons. The van der Waals surface area contributed by atoms with Crippen molar-refractivity contribution in [3.8, 4) is 44.5 Å². The summed E-state index contributed by atoms with van der Waals surface area (Å²) in [4.78, 5) is 2.44. The van der Waals surface area contributed by atoms with E-state index in [2.05, 4.69) is 201 Å². The highest BCUT2D eigenvalue weighted by molar-refractivity contribution is 6.06. The number of anilines is 3.